The number of benzene rings is 3. The molecule has 0 fully saturated rings. The number of halogens is 1. The van der Waals surface area contributed by atoms with Crippen LogP contribution >= 0.6 is 23.6 Å². The summed E-state index contributed by atoms with van der Waals surface area (Å²) in [6.45, 7) is 3.43. The summed E-state index contributed by atoms with van der Waals surface area (Å²) in [4.78, 5) is 14.3. The van der Waals surface area contributed by atoms with Crippen molar-refractivity contribution in [2.75, 3.05) is 6.66 Å². The van der Waals surface area contributed by atoms with Gasteiger partial charge < -0.3 is 0 Å². The van der Waals surface area contributed by atoms with Crippen LogP contribution in [0.5, 0.6) is 0 Å². The van der Waals surface area contributed by atoms with E-state index in [-0.39, 0.29) is 17.0 Å². The molecular formula is C26H32BrOP. The van der Waals surface area contributed by atoms with Crippen LogP contribution < -0.4 is 15.9 Å². The van der Waals surface area contributed by atoms with Crippen molar-refractivity contribution >= 4 is 45.0 Å². The second-order valence-corrected chi connectivity index (χ2v) is 13.2. The summed E-state index contributed by atoms with van der Waals surface area (Å²) in [5.41, 5.74) is 0.384. The van der Waals surface area contributed by atoms with Gasteiger partial charge in [0.05, 0.1) is 0 Å². The van der Waals surface area contributed by atoms with Crippen LogP contribution in [0.3, 0.4) is 0 Å². The Labute approximate surface area is 186 Å². The van der Waals surface area contributed by atoms with E-state index in [1.54, 1.807) is 0 Å². The van der Waals surface area contributed by atoms with Crippen LogP contribution in [-0.2, 0) is 4.79 Å². The molecule has 0 saturated heterocycles. The summed E-state index contributed by atoms with van der Waals surface area (Å²) in [7, 11) is 0. The number of rotatable bonds is 8. The average molecular weight is 471 g/mol. The topological polar surface area (TPSA) is 17.1 Å². The first kappa shape index (κ1) is 23.5. The molecule has 1 nitrogen and oxygen atoms in total. The number of hydrogen-bond acceptors (Lipinski definition) is 1. The van der Waals surface area contributed by atoms with Gasteiger partial charge in [0.25, 0.3) is 0 Å². The molecule has 3 rings (SSSR count). The molecule has 0 amide bonds. The Kier molecular flexibility index (Phi) is 7.97. The molecule has 0 saturated carbocycles. The monoisotopic (exact) mass is 470 g/mol. The molecule has 0 radical (unpaired) electrons. The standard InChI is InChI=1S/C26H31OP.BrH/c1-4-22(2)20-21-26(27)28(3,23-14-8-5-9-15-23,24-16-10-6-11-17-24)25-18-12-7-13-19-25;/h5-19,22H,4,20-21H2,1-3H3;1H. The normalized spacial score (nSPS) is 13.6. The van der Waals surface area contributed by atoms with Crippen molar-refractivity contribution in [2.45, 2.75) is 33.1 Å². The molecule has 3 heteroatoms. The van der Waals surface area contributed by atoms with Gasteiger partial charge in [-0.2, -0.15) is 0 Å². The molecule has 3 aromatic carbocycles. The number of hydrogen-bond donors (Lipinski definition) is 0. The Balaban J connectivity index is 0.00000300. The summed E-state index contributed by atoms with van der Waals surface area (Å²) < 4.78 is 0. The second kappa shape index (κ2) is 9.83. The predicted octanol–water partition coefficient (Wildman–Crippen LogP) is 6.08. The molecule has 0 aromatic heterocycles. The molecule has 29 heavy (non-hydrogen) atoms. The molecular weight excluding hydrogens is 439 g/mol. The summed E-state index contributed by atoms with van der Waals surface area (Å²) >= 11 is 0. The first-order valence-electron chi connectivity index (χ1n) is 10.2. The molecule has 0 N–H and O–H groups in total. The summed E-state index contributed by atoms with van der Waals surface area (Å²) in [6.07, 6.45) is 2.66. The van der Waals surface area contributed by atoms with Crippen LogP contribution in [0.15, 0.2) is 91.0 Å². The minimum atomic E-state index is -3.26. The van der Waals surface area contributed by atoms with Crippen molar-refractivity contribution < 1.29 is 4.79 Å². The first-order valence-corrected chi connectivity index (χ1v) is 12.9. The van der Waals surface area contributed by atoms with E-state index in [9.17, 15) is 4.79 Å². The van der Waals surface area contributed by atoms with Gasteiger partial charge in [-0.1, -0.05) is 0 Å². The van der Waals surface area contributed by atoms with Gasteiger partial charge in [-0.3, -0.25) is 0 Å². The van der Waals surface area contributed by atoms with Crippen LogP contribution in [0.2, 0.25) is 0 Å². The van der Waals surface area contributed by atoms with E-state index >= 15 is 0 Å². The zero-order valence-electron chi connectivity index (χ0n) is 17.6. The third-order valence-corrected chi connectivity index (χ3v) is 12.6. The second-order valence-electron chi connectivity index (χ2n) is 8.02. The van der Waals surface area contributed by atoms with Gasteiger partial charge >= 0.3 is 170 Å². The quantitative estimate of drug-likeness (QED) is 0.364. The summed E-state index contributed by atoms with van der Waals surface area (Å²) in [6, 6.07) is 31.4. The van der Waals surface area contributed by atoms with E-state index in [1.165, 1.54) is 0 Å². The van der Waals surface area contributed by atoms with Crippen molar-refractivity contribution in [2.24, 2.45) is 5.92 Å². The molecule has 0 bridgehead atoms. The van der Waals surface area contributed by atoms with Crippen LogP contribution in [0.1, 0.15) is 33.1 Å². The van der Waals surface area contributed by atoms with Crippen LogP contribution in [0, 0.1) is 5.92 Å². The van der Waals surface area contributed by atoms with Gasteiger partial charge in [-0.05, 0) is 0 Å². The number of carbonyl (C=O) groups is 1. The van der Waals surface area contributed by atoms with Crippen LogP contribution in [0.4, 0.5) is 0 Å². The summed E-state index contributed by atoms with van der Waals surface area (Å²) in [5.74, 6) is 0.556. The van der Waals surface area contributed by atoms with Crippen molar-refractivity contribution in [3.63, 3.8) is 0 Å². The molecule has 1 unspecified atom stereocenters. The van der Waals surface area contributed by atoms with Gasteiger partial charge in [-0.15, -0.1) is 17.0 Å². The van der Waals surface area contributed by atoms with Crippen molar-refractivity contribution in [3.05, 3.63) is 91.0 Å². The molecule has 1 atom stereocenters. The molecule has 0 aliphatic rings. The zero-order chi connectivity index (χ0) is 20.1. The fourth-order valence-electron chi connectivity index (χ4n) is 4.13. The van der Waals surface area contributed by atoms with Crippen molar-refractivity contribution in [1.82, 2.24) is 0 Å². The van der Waals surface area contributed by atoms with E-state index in [2.05, 4.69) is 93.3 Å². The Morgan fingerprint density at radius 3 is 1.41 bits per heavy atom. The third kappa shape index (κ3) is 4.11. The van der Waals surface area contributed by atoms with Crippen molar-refractivity contribution in [3.8, 4) is 0 Å². The average Bonchev–Trinajstić information content (AvgIpc) is 2.78. The predicted molar refractivity (Wildman–Crippen MR) is 135 cm³/mol. The Hall–Kier alpha value is -1.76. The number of carbonyl (C=O) groups excluding carboxylic acids is 1. The van der Waals surface area contributed by atoms with E-state index in [4.69, 9.17) is 0 Å². The molecule has 0 aliphatic heterocycles. The molecule has 3 aromatic rings. The minimum absolute atomic E-state index is 0. The summed E-state index contributed by atoms with van der Waals surface area (Å²) in [5, 5.41) is 3.46. The first-order chi connectivity index (χ1) is 13.5. The molecule has 0 heterocycles. The van der Waals surface area contributed by atoms with Crippen LogP contribution in [0.25, 0.3) is 0 Å². The third-order valence-electron chi connectivity index (χ3n) is 6.38. The van der Waals surface area contributed by atoms with E-state index in [1.807, 2.05) is 18.2 Å². The fraction of sp³-hybridized carbons (Fsp3) is 0.269. The van der Waals surface area contributed by atoms with Gasteiger partial charge in [0.2, 0.25) is 0 Å². The Morgan fingerprint density at radius 2 is 1.10 bits per heavy atom. The molecule has 0 spiro atoms. The van der Waals surface area contributed by atoms with E-state index in [0.717, 1.165) is 28.8 Å². The van der Waals surface area contributed by atoms with E-state index in [0.29, 0.717) is 17.9 Å². The van der Waals surface area contributed by atoms with Gasteiger partial charge in [-0.25, -0.2) is 0 Å². The fourth-order valence-corrected chi connectivity index (χ4v) is 9.33. The Bertz CT molecular complexity index is 810. The molecule has 0 aliphatic carbocycles. The SMILES string of the molecule is Br.CCC(C)CCC(=O)P(C)(c1ccccc1)(c1ccccc1)c1ccccc1. The maximum absolute atomic E-state index is 14.3. The zero-order valence-corrected chi connectivity index (χ0v) is 20.2. The van der Waals surface area contributed by atoms with Crippen molar-refractivity contribution in [1.29, 1.82) is 0 Å². The molecule has 154 valence electrons. The van der Waals surface area contributed by atoms with Gasteiger partial charge in [0.1, 0.15) is 0 Å². The van der Waals surface area contributed by atoms with Gasteiger partial charge in [0.15, 0.2) is 0 Å². The van der Waals surface area contributed by atoms with Crippen LogP contribution in [-0.4, -0.2) is 12.2 Å². The van der Waals surface area contributed by atoms with Gasteiger partial charge in [0, 0.05) is 0 Å². The maximum atomic E-state index is 14.3. The Morgan fingerprint density at radius 1 is 0.759 bits per heavy atom. The van der Waals surface area contributed by atoms with E-state index < -0.39 is 6.60 Å².